The molecule has 2 aromatic carbocycles. The predicted octanol–water partition coefficient (Wildman–Crippen LogP) is 1.10. The highest BCUT2D eigenvalue weighted by molar-refractivity contribution is 7.46. The van der Waals surface area contributed by atoms with Crippen molar-refractivity contribution in [3.05, 3.63) is 65.2 Å². The lowest BCUT2D eigenvalue weighted by Gasteiger charge is -2.36. The number of ether oxygens (including phenoxy) is 1. The zero-order chi connectivity index (χ0) is 45.1. The number of benzene rings is 2. The van der Waals surface area contributed by atoms with Crippen LogP contribution in [0.5, 0.6) is 0 Å². The number of rotatable bonds is 8. The maximum absolute atomic E-state index is 14.8. The van der Waals surface area contributed by atoms with E-state index in [0.717, 1.165) is 27.5 Å². The van der Waals surface area contributed by atoms with Crippen LogP contribution in [0.3, 0.4) is 0 Å². The standard InChI is InChI=1S/C39H50F2N7O12P/c1-19-7-9-27(10-8-19)43-39(55)44-29(14-24-12-25(40)15-26(41)13-24)34(50)45-32-23(5)59-38(54)31-11-20(2)17-47(31)35(51)21(3)42-33(49)22(4)46(6)36(52)30-16-28(60-61(56,57)58)18-48(30)37(32)53/h7-10,12-13,15,20-23,28-32H,11,14,16-18H2,1-6H3,(H,42,49)(H,45,50)(H2,43,44,55)(H2,56,57,58)/t20-,21-,22-,23-,28?,29-,30-,31-,32-/m0/s1. The van der Waals surface area contributed by atoms with Crippen LogP contribution in [0.1, 0.15) is 51.7 Å². The van der Waals surface area contributed by atoms with Gasteiger partial charge in [-0.15, -0.1) is 0 Å². The van der Waals surface area contributed by atoms with Gasteiger partial charge in [0.15, 0.2) is 0 Å². The van der Waals surface area contributed by atoms with Gasteiger partial charge in [0.2, 0.25) is 29.5 Å². The Bertz CT molecular complexity index is 2070. The van der Waals surface area contributed by atoms with Gasteiger partial charge in [-0.3, -0.25) is 28.5 Å². The number of nitrogens with zero attached hydrogens (tertiary/aromatic N) is 3. The average Bonchev–Trinajstić information content (AvgIpc) is 3.77. The Kier molecular flexibility index (Phi) is 14.5. The predicted molar refractivity (Wildman–Crippen MR) is 211 cm³/mol. The highest BCUT2D eigenvalue weighted by Gasteiger charge is 2.49. The van der Waals surface area contributed by atoms with Crippen molar-refractivity contribution in [2.75, 3.05) is 25.5 Å². The van der Waals surface area contributed by atoms with Crippen LogP contribution in [0, 0.1) is 24.5 Å². The van der Waals surface area contributed by atoms with Crippen molar-refractivity contribution in [1.29, 1.82) is 0 Å². The Morgan fingerprint density at radius 2 is 1.54 bits per heavy atom. The van der Waals surface area contributed by atoms with E-state index < -0.39 is 129 Å². The van der Waals surface area contributed by atoms with Crippen LogP contribution in [0.2, 0.25) is 0 Å². The van der Waals surface area contributed by atoms with Crippen molar-refractivity contribution in [3.63, 3.8) is 0 Å². The molecular formula is C39H50F2N7O12P. The number of halogens is 2. The van der Waals surface area contributed by atoms with Gasteiger partial charge in [0.25, 0.3) is 0 Å². The summed E-state index contributed by atoms with van der Waals surface area (Å²) in [5.74, 6) is -7.66. The lowest BCUT2D eigenvalue weighted by molar-refractivity contribution is -0.162. The lowest BCUT2D eigenvalue weighted by Crippen LogP contribution is -2.62. The van der Waals surface area contributed by atoms with Gasteiger partial charge in [-0.25, -0.2) is 22.9 Å². The molecule has 2 aromatic rings. The number of phosphoric acid groups is 1. The molecule has 3 aliphatic rings. The summed E-state index contributed by atoms with van der Waals surface area (Å²) < 4.78 is 51.3. The number of hydrogen-bond acceptors (Lipinski definition) is 10. The quantitative estimate of drug-likeness (QED) is 0.161. The van der Waals surface area contributed by atoms with Gasteiger partial charge >= 0.3 is 19.8 Å². The molecule has 3 heterocycles. The minimum atomic E-state index is -5.20. The largest absolute Gasteiger partial charge is 0.469 e. The van der Waals surface area contributed by atoms with Crippen molar-refractivity contribution in [2.45, 2.75) is 102 Å². The number of amides is 7. The first kappa shape index (κ1) is 46.6. The van der Waals surface area contributed by atoms with E-state index in [1.807, 2.05) is 6.92 Å². The molecule has 3 saturated heterocycles. The SMILES string of the molecule is Cc1ccc(NC(=O)N[C@@H](Cc2cc(F)cc(F)c2)C(=O)N[C@@H]2C(=O)N3CC(OP(=O)(O)O)C[C@H]3C(=O)N(C)[C@@H](C)C(=O)N[C@@H](C)C(=O)N3C[C@@H](C)C[C@H]3C(=O)O[C@H]2C)cc1. The number of carbonyl (C=O) groups is 7. The fraction of sp³-hybridized carbons (Fsp3) is 0.513. The summed E-state index contributed by atoms with van der Waals surface area (Å²) >= 11 is 0. The fourth-order valence-electron chi connectivity index (χ4n) is 7.58. The Hall–Kier alpha value is -5.50. The third-order valence-corrected chi connectivity index (χ3v) is 11.4. The number of likely N-dealkylation sites (N-methyl/N-ethyl adjacent to an activating group) is 1. The number of carbonyl (C=O) groups excluding carboxylic acids is 7. The Morgan fingerprint density at radius 3 is 2.16 bits per heavy atom. The normalized spacial score (nSPS) is 27.2. The van der Waals surface area contributed by atoms with E-state index in [-0.39, 0.29) is 24.4 Å². The Morgan fingerprint density at radius 1 is 0.918 bits per heavy atom. The maximum atomic E-state index is 14.8. The van der Waals surface area contributed by atoms with Gasteiger partial charge in [-0.05, 0) is 69.9 Å². The summed E-state index contributed by atoms with van der Waals surface area (Å²) in [6.45, 7) is 7.10. The van der Waals surface area contributed by atoms with Crippen LogP contribution in [0.25, 0.3) is 0 Å². The summed E-state index contributed by atoms with van der Waals surface area (Å²) in [5, 5.41) is 10.0. The monoisotopic (exact) mass is 877 g/mol. The van der Waals surface area contributed by atoms with E-state index in [9.17, 15) is 56.7 Å². The number of hydrogen-bond donors (Lipinski definition) is 6. The number of fused-ring (bicyclic) bond motifs is 2. The molecule has 6 N–H and O–H groups in total. The van der Waals surface area contributed by atoms with Gasteiger partial charge < -0.3 is 50.5 Å². The van der Waals surface area contributed by atoms with Crippen LogP contribution >= 0.6 is 7.82 Å². The van der Waals surface area contributed by atoms with Gasteiger partial charge in [0.1, 0.15) is 54.0 Å². The molecule has 7 amide bonds. The Balaban J connectivity index is 1.55. The van der Waals surface area contributed by atoms with Crippen molar-refractivity contribution >= 4 is 55.0 Å². The zero-order valence-electron chi connectivity index (χ0n) is 34.3. The molecule has 332 valence electrons. The van der Waals surface area contributed by atoms with Crippen molar-refractivity contribution in [2.24, 2.45) is 5.92 Å². The molecule has 0 aliphatic carbocycles. The van der Waals surface area contributed by atoms with Crippen LogP contribution in [0.15, 0.2) is 42.5 Å². The Labute approximate surface area is 350 Å². The highest BCUT2D eigenvalue weighted by Crippen LogP contribution is 2.41. The summed E-state index contributed by atoms with van der Waals surface area (Å²) in [6.07, 6.45) is -3.91. The van der Waals surface area contributed by atoms with Crippen molar-refractivity contribution in [3.8, 4) is 0 Å². The second-order valence-electron chi connectivity index (χ2n) is 15.8. The molecule has 0 bridgehead atoms. The van der Waals surface area contributed by atoms with Crippen LogP contribution < -0.4 is 21.3 Å². The molecule has 9 atom stereocenters. The number of urea groups is 1. The second kappa shape index (κ2) is 19.0. The minimum absolute atomic E-state index is 0.0738. The van der Waals surface area contributed by atoms with Crippen molar-refractivity contribution in [1.82, 2.24) is 30.7 Å². The number of nitrogens with one attached hydrogen (secondary N) is 4. The van der Waals surface area contributed by atoms with Gasteiger partial charge in [-0.1, -0.05) is 24.6 Å². The summed E-state index contributed by atoms with van der Waals surface area (Å²) in [4.78, 5) is 120. The molecule has 61 heavy (non-hydrogen) atoms. The first-order valence-electron chi connectivity index (χ1n) is 19.5. The first-order chi connectivity index (χ1) is 28.5. The number of aryl methyl sites for hydroxylation is 1. The second-order valence-corrected chi connectivity index (χ2v) is 17.0. The molecule has 0 saturated carbocycles. The van der Waals surface area contributed by atoms with Crippen LogP contribution in [0.4, 0.5) is 19.3 Å². The summed E-state index contributed by atoms with van der Waals surface area (Å²) in [5.41, 5.74) is 1.13. The highest BCUT2D eigenvalue weighted by atomic mass is 31.2. The van der Waals surface area contributed by atoms with E-state index in [1.54, 1.807) is 31.2 Å². The number of esters is 1. The van der Waals surface area contributed by atoms with Gasteiger partial charge in [0, 0.05) is 44.7 Å². The van der Waals surface area contributed by atoms with Crippen LogP contribution in [-0.4, -0.2) is 135 Å². The van der Waals surface area contributed by atoms with E-state index >= 15 is 0 Å². The first-order valence-corrected chi connectivity index (χ1v) is 21.1. The molecule has 0 aromatic heterocycles. The molecule has 19 nitrogen and oxygen atoms in total. The van der Waals surface area contributed by atoms with E-state index in [0.29, 0.717) is 11.8 Å². The van der Waals surface area contributed by atoms with Gasteiger partial charge in [-0.2, -0.15) is 0 Å². The maximum Gasteiger partial charge on any atom is 0.469 e. The van der Waals surface area contributed by atoms with E-state index in [4.69, 9.17) is 9.26 Å². The van der Waals surface area contributed by atoms with Crippen LogP contribution in [-0.2, 0) is 49.0 Å². The smallest absolute Gasteiger partial charge is 0.458 e. The molecule has 5 rings (SSSR count). The van der Waals surface area contributed by atoms with Crippen molar-refractivity contribution < 1.29 is 66.0 Å². The molecule has 0 radical (unpaired) electrons. The lowest BCUT2D eigenvalue weighted by atomic mass is 10.0. The third-order valence-electron chi connectivity index (χ3n) is 10.8. The fourth-order valence-corrected chi connectivity index (χ4v) is 8.12. The van der Waals surface area contributed by atoms with E-state index in [2.05, 4.69) is 21.3 Å². The summed E-state index contributed by atoms with van der Waals surface area (Å²) in [6, 6.07) is -0.617. The molecule has 22 heteroatoms. The minimum Gasteiger partial charge on any atom is -0.458 e. The number of anilines is 1. The number of phosphoric ester groups is 1. The molecule has 0 spiro atoms. The molecule has 3 aliphatic heterocycles. The summed E-state index contributed by atoms with van der Waals surface area (Å²) in [7, 11) is -3.96. The number of cyclic esters (lactones) is 1. The molecular weight excluding hydrogens is 827 g/mol. The van der Waals surface area contributed by atoms with Gasteiger partial charge in [0.05, 0.1) is 6.10 Å². The average molecular weight is 878 g/mol. The topological polar surface area (TPSA) is 253 Å². The van der Waals surface area contributed by atoms with E-state index in [1.165, 1.54) is 32.7 Å². The zero-order valence-corrected chi connectivity index (χ0v) is 35.2. The third kappa shape index (κ3) is 11.7. The molecule has 3 fully saturated rings. The molecule has 1 unspecified atom stereocenters.